The maximum atomic E-state index is 13.7. The average Bonchev–Trinajstić information content (AvgIpc) is 3.30. The molecule has 0 saturated heterocycles. The molecular weight excluding hydrogens is 440 g/mol. The van der Waals surface area contributed by atoms with Crippen LogP contribution in [0.2, 0.25) is 0 Å². The van der Waals surface area contributed by atoms with Gasteiger partial charge in [-0.05, 0) is 18.2 Å². The monoisotopic (exact) mass is 464 g/mol. The summed E-state index contributed by atoms with van der Waals surface area (Å²) in [4.78, 5) is 36.4. The summed E-state index contributed by atoms with van der Waals surface area (Å²) in [6.07, 6.45) is 0.218. The van der Waals surface area contributed by atoms with Crippen molar-refractivity contribution in [2.75, 3.05) is 18.1 Å². The maximum Gasteiger partial charge on any atom is 0.272 e. The molecule has 1 aliphatic heterocycles. The molecule has 0 bridgehead atoms. The molecule has 0 saturated carbocycles. The van der Waals surface area contributed by atoms with Crippen LogP contribution in [0.15, 0.2) is 103 Å². The quantitative estimate of drug-likeness (QED) is 0.316. The van der Waals surface area contributed by atoms with Gasteiger partial charge in [-0.1, -0.05) is 73.3 Å². The van der Waals surface area contributed by atoms with E-state index in [0.29, 0.717) is 17.1 Å². The number of aromatic amines is 1. The predicted molar refractivity (Wildman–Crippen MR) is 137 cm³/mol. The highest BCUT2D eigenvalue weighted by atomic mass is 16.5. The van der Waals surface area contributed by atoms with Crippen molar-refractivity contribution >= 4 is 34.1 Å². The number of hydrogen-bond donors (Lipinski definition) is 2. The Morgan fingerprint density at radius 3 is 2.60 bits per heavy atom. The maximum absolute atomic E-state index is 13.7. The van der Waals surface area contributed by atoms with Crippen LogP contribution in [0.1, 0.15) is 21.6 Å². The summed E-state index contributed by atoms with van der Waals surface area (Å²) >= 11 is 0. The predicted octanol–water partition coefficient (Wildman–Crippen LogP) is 4.27. The zero-order valence-electron chi connectivity index (χ0n) is 19.0. The first-order valence-electron chi connectivity index (χ1n) is 11.3. The summed E-state index contributed by atoms with van der Waals surface area (Å²) in [5, 5.41) is 3.74. The first-order valence-corrected chi connectivity index (χ1v) is 11.3. The van der Waals surface area contributed by atoms with Crippen LogP contribution in [-0.2, 0) is 9.53 Å². The number of aromatic nitrogens is 1. The minimum atomic E-state index is -1.12. The molecule has 0 spiro atoms. The second-order valence-corrected chi connectivity index (χ2v) is 8.03. The lowest BCUT2D eigenvalue weighted by Gasteiger charge is -2.25. The highest BCUT2D eigenvalue weighted by Crippen LogP contribution is 2.28. The van der Waals surface area contributed by atoms with Gasteiger partial charge in [-0.3, -0.25) is 9.59 Å². The molecule has 35 heavy (non-hydrogen) atoms. The molecular formula is C28H24N4O3. The smallest absolute Gasteiger partial charge is 0.272 e. The van der Waals surface area contributed by atoms with Gasteiger partial charge >= 0.3 is 0 Å². The van der Waals surface area contributed by atoms with Crippen molar-refractivity contribution in [1.29, 1.82) is 0 Å². The van der Waals surface area contributed by atoms with E-state index >= 15 is 0 Å². The number of carbonyl (C=O) groups excluding carboxylic acids is 2. The van der Waals surface area contributed by atoms with Crippen LogP contribution in [0.3, 0.4) is 0 Å². The van der Waals surface area contributed by atoms with Gasteiger partial charge in [-0.25, -0.2) is 4.99 Å². The number of ether oxygens (including phenoxy) is 1. The molecule has 3 aromatic carbocycles. The van der Waals surface area contributed by atoms with Gasteiger partial charge in [-0.2, -0.15) is 0 Å². The molecule has 1 atom stereocenters. The number of fused-ring (bicyclic) bond motifs is 2. The first kappa shape index (κ1) is 22.2. The Morgan fingerprint density at radius 1 is 1.06 bits per heavy atom. The molecule has 5 rings (SSSR count). The van der Waals surface area contributed by atoms with Crippen LogP contribution in [-0.4, -0.2) is 41.8 Å². The molecule has 4 aromatic rings. The Labute approximate surface area is 202 Å². The zero-order valence-corrected chi connectivity index (χ0v) is 19.0. The highest BCUT2D eigenvalue weighted by Gasteiger charge is 2.33. The van der Waals surface area contributed by atoms with Gasteiger partial charge in [0.25, 0.3) is 11.8 Å². The van der Waals surface area contributed by atoms with Gasteiger partial charge in [-0.15, -0.1) is 0 Å². The van der Waals surface area contributed by atoms with Gasteiger partial charge in [0.2, 0.25) is 6.17 Å². The molecule has 2 heterocycles. The lowest BCUT2D eigenvalue weighted by Crippen LogP contribution is -2.48. The Hall–Kier alpha value is -4.65. The second kappa shape index (κ2) is 9.69. The van der Waals surface area contributed by atoms with Crippen molar-refractivity contribution in [2.24, 2.45) is 4.99 Å². The number of carbonyl (C=O) groups is 2. The van der Waals surface area contributed by atoms with Crippen LogP contribution in [0.4, 0.5) is 5.69 Å². The van der Waals surface area contributed by atoms with E-state index in [1.807, 2.05) is 78.9 Å². The lowest BCUT2D eigenvalue weighted by atomic mass is 10.0. The third-order valence-corrected chi connectivity index (χ3v) is 5.85. The minimum absolute atomic E-state index is 0.257. The Morgan fingerprint density at radius 2 is 1.80 bits per heavy atom. The van der Waals surface area contributed by atoms with Gasteiger partial charge in [0.15, 0.2) is 0 Å². The van der Waals surface area contributed by atoms with Crippen LogP contribution in [0.25, 0.3) is 10.9 Å². The molecule has 1 aromatic heterocycles. The number of aliphatic imine (C=N–C) groups is 1. The standard InChI is InChI=1S/C28H24N4O3/c1-2-35-17-16-32-24-15-9-7-13-21(24)25(19-10-4-3-5-11-19)30-26(28(32)34)31-27(33)23-18-20-12-6-8-14-22(20)29-23/h2-15,18,26,29H,1,16-17H2,(H,31,33)/t26-/m1/s1. The molecule has 0 aliphatic carbocycles. The molecule has 7 heteroatoms. The normalized spacial score (nSPS) is 15.2. The minimum Gasteiger partial charge on any atom is -0.500 e. The third-order valence-electron chi connectivity index (χ3n) is 5.85. The van der Waals surface area contributed by atoms with Crippen LogP contribution < -0.4 is 10.2 Å². The van der Waals surface area contributed by atoms with Crippen molar-refractivity contribution in [2.45, 2.75) is 6.17 Å². The zero-order chi connectivity index (χ0) is 24.2. The molecule has 0 radical (unpaired) electrons. The van der Waals surface area contributed by atoms with E-state index in [-0.39, 0.29) is 19.1 Å². The molecule has 2 amide bonds. The topological polar surface area (TPSA) is 86.8 Å². The van der Waals surface area contributed by atoms with Gasteiger partial charge in [0, 0.05) is 22.0 Å². The van der Waals surface area contributed by atoms with Crippen LogP contribution >= 0.6 is 0 Å². The second-order valence-electron chi connectivity index (χ2n) is 8.03. The van der Waals surface area contributed by atoms with E-state index in [4.69, 9.17) is 9.73 Å². The van der Waals surface area contributed by atoms with E-state index in [0.717, 1.165) is 22.0 Å². The number of benzodiazepines with no additional fused rings is 1. The largest absolute Gasteiger partial charge is 0.500 e. The van der Waals surface area contributed by atoms with Gasteiger partial charge in [0.1, 0.15) is 12.3 Å². The van der Waals surface area contributed by atoms with Crippen LogP contribution in [0, 0.1) is 0 Å². The van der Waals surface area contributed by atoms with E-state index < -0.39 is 12.1 Å². The SMILES string of the molecule is C=COCCN1C(=O)[C@@H](NC(=O)c2cc3ccccc3[nH]2)N=C(c2ccccc2)c2ccccc21. The molecule has 0 fully saturated rings. The van der Waals surface area contributed by atoms with E-state index in [2.05, 4.69) is 16.9 Å². The summed E-state index contributed by atoms with van der Waals surface area (Å²) in [5.41, 5.74) is 4.18. The van der Waals surface area contributed by atoms with E-state index in [1.165, 1.54) is 6.26 Å². The first-order chi connectivity index (χ1) is 17.2. The number of H-pyrrole nitrogens is 1. The number of rotatable bonds is 7. The van der Waals surface area contributed by atoms with Crippen molar-refractivity contribution in [3.05, 3.63) is 115 Å². The van der Waals surface area contributed by atoms with Gasteiger partial charge < -0.3 is 19.9 Å². The molecule has 1 aliphatic rings. The van der Waals surface area contributed by atoms with E-state index in [9.17, 15) is 9.59 Å². The summed E-state index contributed by atoms with van der Waals surface area (Å²) < 4.78 is 5.31. The number of nitrogens with zero attached hydrogens (tertiary/aromatic N) is 2. The molecule has 0 unspecified atom stereocenters. The van der Waals surface area contributed by atoms with Crippen molar-refractivity contribution < 1.29 is 14.3 Å². The Bertz CT molecular complexity index is 1390. The van der Waals surface area contributed by atoms with Gasteiger partial charge in [0.05, 0.1) is 24.2 Å². The average molecular weight is 465 g/mol. The number of nitrogens with one attached hydrogen (secondary N) is 2. The number of anilines is 1. The molecule has 7 nitrogen and oxygen atoms in total. The van der Waals surface area contributed by atoms with Crippen LogP contribution in [0.5, 0.6) is 0 Å². The Balaban J connectivity index is 1.56. The Kier molecular flexibility index (Phi) is 6.13. The number of benzene rings is 3. The summed E-state index contributed by atoms with van der Waals surface area (Å²) in [7, 11) is 0. The summed E-state index contributed by atoms with van der Waals surface area (Å²) in [6.45, 7) is 4.11. The lowest BCUT2D eigenvalue weighted by molar-refractivity contribution is -0.120. The number of para-hydroxylation sites is 2. The van der Waals surface area contributed by atoms with Crippen molar-refractivity contribution in [1.82, 2.24) is 10.3 Å². The third kappa shape index (κ3) is 4.44. The van der Waals surface area contributed by atoms with E-state index in [1.54, 1.807) is 11.0 Å². The fraction of sp³-hybridized carbons (Fsp3) is 0.107. The fourth-order valence-corrected chi connectivity index (χ4v) is 4.21. The fourth-order valence-electron chi connectivity index (χ4n) is 4.21. The van der Waals surface area contributed by atoms with Crippen molar-refractivity contribution in [3.8, 4) is 0 Å². The van der Waals surface area contributed by atoms with Crippen molar-refractivity contribution in [3.63, 3.8) is 0 Å². The summed E-state index contributed by atoms with van der Waals surface area (Å²) in [6, 6.07) is 26.6. The highest BCUT2D eigenvalue weighted by molar-refractivity contribution is 6.20. The molecule has 174 valence electrons. The molecule has 2 N–H and O–H groups in total. The summed E-state index contributed by atoms with van der Waals surface area (Å²) in [5.74, 6) is -0.760. The number of hydrogen-bond acceptors (Lipinski definition) is 4. The number of amides is 2.